The molecule has 0 aliphatic heterocycles. The van der Waals surface area contributed by atoms with E-state index in [4.69, 9.17) is 9.84 Å². The molecule has 0 aromatic heterocycles. The van der Waals surface area contributed by atoms with Crippen LogP contribution >= 0.6 is 0 Å². The molecule has 0 aromatic rings. The van der Waals surface area contributed by atoms with Gasteiger partial charge in [0.15, 0.2) is 0 Å². The van der Waals surface area contributed by atoms with Crippen LogP contribution in [0.4, 0.5) is 4.79 Å². The smallest absolute Gasteiger partial charge is 0.407 e. The Morgan fingerprint density at radius 2 is 2.19 bits per heavy atom. The van der Waals surface area contributed by atoms with Crippen LogP contribution in [0.5, 0.6) is 0 Å². The van der Waals surface area contributed by atoms with Crippen molar-refractivity contribution < 1.29 is 14.6 Å². The molecule has 1 unspecified atom stereocenters. The minimum absolute atomic E-state index is 0.265. The van der Waals surface area contributed by atoms with Crippen LogP contribution in [0, 0.1) is 17.8 Å². The molecular weight excluding hydrogens is 206 g/mol. The van der Waals surface area contributed by atoms with Crippen molar-refractivity contribution in [3.63, 3.8) is 0 Å². The van der Waals surface area contributed by atoms with Gasteiger partial charge >= 0.3 is 6.09 Å². The summed E-state index contributed by atoms with van der Waals surface area (Å²) in [7, 11) is 0. The lowest BCUT2D eigenvalue weighted by Crippen LogP contribution is -2.35. The Morgan fingerprint density at radius 3 is 2.62 bits per heavy atom. The van der Waals surface area contributed by atoms with Crippen molar-refractivity contribution in [2.45, 2.75) is 39.7 Å². The van der Waals surface area contributed by atoms with Gasteiger partial charge in [-0.1, -0.05) is 6.92 Å². The standard InChI is InChI=1S/C12H23NO3/c1-8(10-5-9(10)7-14)6-13-11(15)16-12(2,3)4/h8-10,14H,5-7H2,1-4H3,(H,13,15)/t8?,9-,10-/m1/s1. The van der Waals surface area contributed by atoms with Gasteiger partial charge in [-0.25, -0.2) is 4.79 Å². The topological polar surface area (TPSA) is 58.6 Å². The number of aliphatic hydroxyl groups excluding tert-OH is 1. The summed E-state index contributed by atoms with van der Waals surface area (Å²) in [6, 6.07) is 0. The number of hydrogen-bond acceptors (Lipinski definition) is 3. The summed E-state index contributed by atoms with van der Waals surface area (Å²) in [6.45, 7) is 8.52. The van der Waals surface area contributed by atoms with Gasteiger partial charge in [0.25, 0.3) is 0 Å². The fourth-order valence-electron chi connectivity index (χ4n) is 1.89. The number of aliphatic hydroxyl groups is 1. The molecule has 16 heavy (non-hydrogen) atoms. The number of ether oxygens (including phenoxy) is 1. The summed E-state index contributed by atoms with van der Waals surface area (Å²) in [5.74, 6) is 1.40. The molecule has 1 amide bonds. The van der Waals surface area contributed by atoms with Gasteiger partial charge in [0, 0.05) is 13.2 Å². The van der Waals surface area contributed by atoms with Crippen LogP contribution in [0.2, 0.25) is 0 Å². The van der Waals surface area contributed by atoms with Crippen molar-refractivity contribution in [3.8, 4) is 0 Å². The highest BCUT2D eigenvalue weighted by atomic mass is 16.6. The Kier molecular flexibility index (Phi) is 4.19. The third-order valence-corrected chi connectivity index (χ3v) is 2.91. The van der Waals surface area contributed by atoms with Gasteiger partial charge < -0.3 is 15.2 Å². The molecule has 0 bridgehead atoms. The van der Waals surface area contributed by atoms with Crippen LogP contribution in [0.1, 0.15) is 34.1 Å². The monoisotopic (exact) mass is 229 g/mol. The van der Waals surface area contributed by atoms with Gasteiger partial charge in [-0.2, -0.15) is 0 Å². The summed E-state index contributed by atoms with van der Waals surface area (Å²) in [5.41, 5.74) is -0.444. The second-order valence-electron chi connectivity index (χ2n) is 5.70. The van der Waals surface area contributed by atoms with Gasteiger partial charge in [0.2, 0.25) is 0 Å². The van der Waals surface area contributed by atoms with E-state index in [-0.39, 0.29) is 12.7 Å². The Bertz CT molecular complexity index is 247. The molecule has 0 spiro atoms. The highest BCUT2D eigenvalue weighted by Crippen LogP contribution is 2.43. The Balaban J connectivity index is 2.17. The normalized spacial score (nSPS) is 26.1. The van der Waals surface area contributed by atoms with Crippen LogP contribution in [0.15, 0.2) is 0 Å². The van der Waals surface area contributed by atoms with Crippen molar-refractivity contribution in [1.29, 1.82) is 0 Å². The van der Waals surface area contributed by atoms with E-state index in [0.29, 0.717) is 24.3 Å². The van der Waals surface area contributed by atoms with Gasteiger partial charge in [0.05, 0.1) is 0 Å². The third-order valence-electron chi connectivity index (χ3n) is 2.91. The van der Waals surface area contributed by atoms with E-state index in [2.05, 4.69) is 12.2 Å². The van der Waals surface area contributed by atoms with Crippen molar-refractivity contribution in [2.75, 3.05) is 13.2 Å². The number of alkyl carbamates (subject to hydrolysis) is 1. The van der Waals surface area contributed by atoms with Crippen LogP contribution in [-0.4, -0.2) is 30.0 Å². The maximum Gasteiger partial charge on any atom is 0.407 e. The van der Waals surface area contributed by atoms with E-state index in [1.165, 1.54) is 0 Å². The van der Waals surface area contributed by atoms with Gasteiger partial charge in [-0.3, -0.25) is 0 Å². The SMILES string of the molecule is CC(CNC(=O)OC(C)(C)C)[C@H]1C[C@@H]1CO. The highest BCUT2D eigenvalue weighted by Gasteiger charge is 2.40. The van der Waals surface area contributed by atoms with E-state index < -0.39 is 5.60 Å². The van der Waals surface area contributed by atoms with Crippen molar-refractivity contribution in [3.05, 3.63) is 0 Å². The number of amides is 1. The lowest BCUT2D eigenvalue weighted by atomic mass is 10.1. The minimum Gasteiger partial charge on any atom is -0.444 e. The molecule has 94 valence electrons. The van der Waals surface area contributed by atoms with Crippen molar-refractivity contribution in [1.82, 2.24) is 5.32 Å². The maximum atomic E-state index is 11.4. The molecule has 0 heterocycles. The molecule has 1 fully saturated rings. The number of carbonyl (C=O) groups is 1. The van der Waals surface area contributed by atoms with E-state index in [1.807, 2.05) is 20.8 Å². The average molecular weight is 229 g/mol. The Labute approximate surface area is 97.4 Å². The van der Waals surface area contributed by atoms with Crippen LogP contribution in [0.3, 0.4) is 0 Å². The van der Waals surface area contributed by atoms with Crippen molar-refractivity contribution in [2.24, 2.45) is 17.8 Å². The average Bonchev–Trinajstić information content (AvgIpc) is 2.90. The Morgan fingerprint density at radius 1 is 1.56 bits per heavy atom. The van der Waals surface area contributed by atoms with Gasteiger partial charge in [-0.15, -0.1) is 0 Å². The first-order valence-electron chi connectivity index (χ1n) is 5.91. The lowest BCUT2D eigenvalue weighted by molar-refractivity contribution is 0.0518. The van der Waals surface area contributed by atoms with E-state index in [0.717, 1.165) is 6.42 Å². The second kappa shape index (κ2) is 5.04. The summed E-state index contributed by atoms with van der Waals surface area (Å²) in [4.78, 5) is 11.4. The summed E-state index contributed by atoms with van der Waals surface area (Å²) < 4.78 is 5.14. The zero-order chi connectivity index (χ0) is 12.3. The first-order chi connectivity index (χ1) is 7.33. The molecule has 0 saturated heterocycles. The lowest BCUT2D eigenvalue weighted by Gasteiger charge is -2.20. The first kappa shape index (κ1) is 13.3. The first-order valence-corrected chi connectivity index (χ1v) is 5.91. The fraction of sp³-hybridized carbons (Fsp3) is 0.917. The fourth-order valence-corrected chi connectivity index (χ4v) is 1.89. The molecule has 2 N–H and O–H groups in total. The number of nitrogens with one attached hydrogen (secondary N) is 1. The molecule has 1 rings (SSSR count). The van der Waals surface area contributed by atoms with E-state index in [1.54, 1.807) is 0 Å². The summed E-state index contributed by atoms with van der Waals surface area (Å²) in [5, 5.41) is 11.7. The zero-order valence-electron chi connectivity index (χ0n) is 10.6. The maximum absolute atomic E-state index is 11.4. The molecule has 3 atom stereocenters. The number of hydrogen-bond donors (Lipinski definition) is 2. The third kappa shape index (κ3) is 4.39. The van der Waals surface area contributed by atoms with Crippen LogP contribution in [-0.2, 0) is 4.74 Å². The molecule has 1 aliphatic rings. The molecule has 4 heteroatoms. The summed E-state index contributed by atoms with van der Waals surface area (Å²) >= 11 is 0. The van der Waals surface area contributed by atoms with Crippen LogP contribution in [0.25, 0.3) is 0 Å². The van der Waals surface area contributed by atoms with Crippen LogP contribution < -0.4 is 5.32 Å². The molecule has 0 radical (unpaired) electrons. The molecule has 0 aromatic carbocycles. The van der Waals surface area contributed by atoms with Crippen molar-refractivity contribution >= 4 is 6.09 Å². The van der Waals surface area contributed by atoms with E-state index >= 15 is 0 Å². The quantitative estimate of drug-likeness (QED) is 0.772. The number of rotatable bonds is 4. The minimum atomic E-state index is -0.444. The predicted octanol–water partition coefficient (Wildman–Crippen LogP) is 1.78. The Hall–Kier alpha value is -0.770. The summed E-state index contributed by atoms with van der Waals surface area (Å²) in [6.07, 6.45) is 0.716. The highest BCUT2D eigenvalue weighted by molar-refractivity contribution is 5.67. The van der Waals surface area contributed by atoms with E-state index in [9.17, 15) is 4.79 Å². The largest absolute Gasteiger partial charge is 0.444 e. The molecule has 1 aliphatic carbocycles. The second-order valence-corrected chi connectivity index (χ2v) is 5.70. The molecule has 1 saturated carbocycles. The molecule has 4 nitrogen and oxygen atoms in total. The predicted molar refractivity (Wildman–Crippen MR) is 62.1 cm³/mol. The number of carbonyl (C=O) groups excluding carboxylic acids is 1. The van der Waals surface area contributed by atoms with Gasteiger partial charge in [0.1, 0.15) is 5.60 Å². The molecular formula is C12H23NO3. The zero-order valence-corrected chi connectivity index (χ0v) is 10.6. The van der Waals surface area contributed by atoms with Gasteiger partial charge in [-0.05, 0) is 44.9 Å².